The van der Waals surface area contributed by atoms with E-state index >= 15 is 0 Å². The Balaban J connectivity index is 1.44. The molecule has 0 unspecified atom stereocenters. The van der Waals surface area contributed by atoms with Crippen molar-refractivity contribution >= 4 is 33.2 Å². The monoisotopic (exact) mass is 499 g/mol. The molecule has 1 fully saturated rings. The number of para-hydroxylation sites is 1. The second kappa shape index (κ2) is 10.3. The first kappa shape index (κ1) is 24.4. The molecule has 35 heavy (non-hydrogen) atoms. The lowest BCUT2D eigenvalue weighted by Crippen LogP contribution is -2.35. The van der Waals surface area contributed by atoms with Gasteiger partial charge in [-0.1, -0.05) is 31.0 Å². The van der Waals surface area contributed by atoms with E-state index in [1.165, 1.54) is 53.5 Å². The minimum absolute atomic E-state index is 0.0286. The highest BCUT2D eigenvalue weighted by Gasteiger charge is 2.21. The summed E-state index contributed by atoms with van der Waals surface area (Å²) in [6.07, 6.45) is 7.14. The Bertz CT molecular complexity index is 1350. The van der Waals surface area contributed by atoms with Gasteiger partial charge in [0.15, 0.2) is 0 Å². The molecule has 1 saturated carbocycles. The van der Waals surface area contributed by atoms with E-state index in [9.17, 15) is 22.4 Å². The molecule has 2 amide bonds. The lowest BCUT2D eigenvalue weighted by molar-refractivity contribution is -0.122. The quantitative estimate of drug-likeness (QED) is 0.438. The van der Waals surface area contributed by atoms with Crippen molar-refractivity contribution in [3.63, 3.8) is 0 Å². The van der Waals surface area contributed by atoms with Crippen molar-refractivity contribution in [1.29, 1.82) is 0 Å². The first-order valence-electron chi connectivity index (χ1n) is 11.2. The van der Waals surface area contributed by atoms with Gasteiger partial charge in [-0.05, 0) is 49.6 Å². The van der Waals surface area contributed by atoms with Crippen molar-refractivity contribution in [3.05, 3.63) is 71.8 Å². The molecule has 0 spiro atoms. The number of halogens is 1. The zero-order valence-electron chi connectivity index (χ0n) is 19.1. The Labute approximate surface area is 202 Å². The number of sulfonamides is 1. The van der Waals surface area contributed by atoms with Crippen LogP contribution < -0.4 is 15.4 Å². The van der Waals surface area contributed by atoms with Gasteiger partial charge in [0, 0.05) is 17.8 Å². The third-order valence-corrected chi connectivity index (χ3v) is 7.16. The summed E-state index contributed by atoms with van der Waals surface area (Å²) in [7, 11) is -4.13. The molecule has 3 N–H and O–H groups in total. The highest BCUT2D eigenvalue weighted by Crippen LogP contribution is 2.22. The minimum Gasteiger partial charge on any atom is -0.352 e. The van der Waals surface area contributed by atoms with Gasteiger partial charge in [-0.15, -0.1) is 0 Å². The number of aryl methyl sites for hydroxylation is 1. The van der Waals surface area contributed by atoms with E-state index < -0.39 is 21.7 Å². The number of carbonyl (C=O) groups is 2. The summed E-state index contributed by atoms with van der Waals surface area (Å²) in [6.45, 7) is 1.70. The van der Waals surface area contributed by atoms with Crippen LogP contribution in [-0.2, 0) is 21.4 Å². The molecule has 0 bridgehead atoms. The lowest BCUT2D eigenvalue weighted by Gasteiger charge is -2.12. The Kier molecular flexibility index (Phi) is 7.15. The first-order valence-corrected chi connectivity index (χ1v) is 12.7. The molecule has 3 aromatic rings. The summed E-state index contributed by atoms with van der Waals surface area (Å²) in [5, 5.41) is 9.76. The number of hydrogen-bond donors (Lipinski definition) is 3. The van der Waals surface area contributed by atoms with Gasteiger partial charge in [0.2, 0.25) is 5.91 Å². The molecule has 1 aromatic heterocycles. The Morgan fingerprint density at radius 2 is 1.89 bits per heavy atom. The molecule has 9 nitrogen and oxygen atoms in total. The van der Waals surface area contributed by atoms with Gasteiger partial charge in [0.05, 0.1) is 22.5 Å². The molecule has 1 aliphatic rings. The average molecular weight is 500 g/mol. The molecule has 2 aromatic carbocycles. The molecule has 0 saturated heterocycles. The van der Waals surface area contributed by atoms with Gasteiger partial charge in [-0.2, -0.15) is 5.10 Å². The van der Waals surface area contributed by atoms with Crippen LogP contribution in [0.1, 0.15) is 41.6 Å². The first-order chi connectivity index (χ1) is 16.7. The summed E-state index contributed by atoms with van der Waals surface area (Å²) in [5.41, 5.74) is 0.855. The molecule has 11 heteroatoms. The van der Waals surface area contributed by atoms with Crippen molar-refractivity contribution in [2.24, 2.45) is 0 Å². The molecule has 0 radical (unpaired) electrons. The predicted octanol–water partition coefficient (Wildman–Crippen LogP) is 3.44. The summed E-state index contributed by atoms with van der Waals surface area (Å²) in [4.78, 5) is 24.9. The van der Waals surface area contributed by atoms with Crippen LogP contribution in [-0.4, -0.2) is 36.1 Å². The van der Waals surface area contributed by atoms with E-state index in [2.05, 4.69) is 20.5 Å². The van der Waals surface area contributed by atoms with E-state index in [0.717, 1.165) is 31.7 Å². The van der Waals surface area contributed by atoms with Crippen LogP contribution >= 0.6 is 0 Å². The molecule has 1 aliphatic carbocycles. The SMILES string of the molecule is Cc1ccc(S(=O)(=O)Nc2ccccc2F)cc1C(=O)Nc1cnn(CC(=O)NC2CCCC2)c1. The molecular weight excluding hydrogens is 473 g/mol. The molecule has 1 heterocycles. The van der Waals surface area contributed by atoms with Gasteiger partial charge >= 0.3 is 0 Å². The topological polar surface area (TPSA) is 122 Å². The molecule has 184 valence electrons. The predicted molar refractivity (Wildman–Crippen MR) is 129 cm³/mol. The number of rotatable bonds is 8. The second-order valence-electron chi connectivity index (χ2n) is 8.49. The number of hydrogen-bond acceptors (Lipinski definition) is 5. The number of nitrogens with one attached hydrogen (secondary N) is 3. The second-order valence-corrected chi connectivity index (χ2v) is 10.2. The van der Waals surface area contributed by atoms with Crippen LogP contribution in [0.5, 0.6) is 0 Å². The zero-order valence-corrected chi connectivity index (χ0v) is 19.9. The maximum Gasteiger partial charge on any atom is 0.262 e. The number of amides is 2. The standard InChI is InChI=1S/C24H26FN5O4S/c1-16-10-11-19(35(33,34)29-22-9-5-4-8-21(22)25)12-20(16)24(32)28-18-13-26-30(14-18)15-23(31)27-17-6-2-3-7-17/h4-5,8-14,17,29H,2-3,6-7,15H2,1H3,(H,27,31)(H,28,32). The normalized spacial score (nSPS) is 14.0. The van der Waals surface area contributed by atoms with E-state index in [1.54, 1.807) is 6.92 Å². The molecule has 4 rings (SSSR count). The Morgan fingerprint density at radius 1 is 1.14 bits per heavy atom. The van der Waals surface area contributed by atoms with Gasteiger partial charge in [-0.25, -0.2) is 12.8 Å². The molecule has 0 aliphatic heterocycles. The third-order valence-electron chi connectivity index (χ3n) is 5.80. The van der Waals surface area contributed by atoms with Crippen molar-refractivity contribution in [1.82, 2.24) is 15.1 Å². The van der Waals surface area contributed by atoms with E-state index in [1.807, 2.05) is 0 Å². The van der Waals surface area contributed by atoms with Crippen LogP contribution in [0.25, 0.3) is 0 Å². The van der Waals surface area contributed by atoms with E-state index in [4.69, 9.17) is 0 Å². The summed E-state index contributed by atoms with van der Waals surface area (Å²) < 4.78 is 43.1. The van der Waals surface area contributed by atoms with Crippen molar-refractivity contribution in [3.8, 4) is 0 Å². The van der Waals surface area contributed by atoms with Crippen LogP contribution in [0.4, 0.5) is 15.8 Å². The number of anilines is 2. The maximum absolute atomic E-state index is 13.9. The van der Waals surface area contributed by atoms with Gasteiger partial charge < -0.3 is 10.6 Å². The fourth-order valence-electron chi connectivity index (χ4n) is 3.96. The third kappa shape index (κ3) is 6.04. The highest BCUT2D eigenvalue weighted by atomic mass is 32.2. The number of carbonyl (C=O) groups excluding carboxylic acids is 2. The zero-order chi connectivity index (χ0) is 25.0. The maximum atomic E-state index is 13.9. The molecule has 0 atom stereocenters. The van der Waals surface area contributed by atoms with Crippen LogP contribution in [0.2, 0.25) is 0 Å². The summed E-state index contributed by atoms with van der Waals surface area (Å²) >= 11 is 0. The van der Waals surface area contributed by atoms with E-state index in [0.29, 0.717) is 11.3 Å². The Hall–Kier alpha value is -3.73. The highest BCUT2D eigenvalue weighted by molar-refractivity contribution is 7.92. The number of benzene rings is 2. The van der Waals surface area contributed by atoms with Crippen LogP contribution in [0.15, 0.2) is 59.8 Å². The largest absolute Gasteiger partial charge is 0.352 e. The molecular formula is C24H26FN5O4S. The summed E-state index contributed by atoms with van der Waals surface area (Å²) in [6, 6.07) is 9.69. The smallest absolute Gasteiger partial charge is 0.262 e. The van der Waals surface area contributed by atoms with Crippen LogP contribution in [0, 0.1) is 12.7 Å². The fourth-order valence-corrected chi connectivity index (χ4v) is 5.06. The minimum atomic E-state index is -4.13. The van der Waals surface area contributed by atoms with Gasteiger partial charge in [0.25, 0.3) is 15.9 Å². The average Bonchev–Trinajstić information content (AvgIpc) is 3.47. The lowest BCUT2D eigenvalue weighted by atomic mass is 10.1. The van der Waals surface area contributed by atoms with Crippen molar-refractivity contribution < 1.29 is 22.4 Å². The summed E-state index contributed by atoms with van der Waals surface area (Å²) in [5.74, 6) is -1.40. The number of aromatic nitrogens is 2. The van der Waals surface area contributed by atoms with Crippen LogP contribution in [0.3, 0.4) is 0 Å². The fraction of sp³-hybridized carbons (Fsp3) is 0.292. The van der Waals surface area contributed by atoms with Crippen molar-refractivity contribution in [2.45, 2.75) is 50.1 Å². The number of nitrogens with zero attached hydrogens (tertiary/aromatic N) is 2. The van der Waals surface area contributed by atoms with E-state index in [-0.39, 0.29) is 34.6 Å². The Morgan fingerprint density at radius 3 is 2.63 bits per heavy atom. The van der Waals surface area contributed by atoms with Gasteiger partial charge in [-0.3, -0.25) is 19.0 Å². The van der Waals surface area contributed by atoms with Crippen molar-refractivity contribution in [2.75, 3.05) is 10.0 Å². The van der Waals surface area contributed by atoms with Gasteiger partial charge in [0.1, 0.15) is 12.4 Å².